The molecule has 0 aliphatic heterocycles. The summed E-state index contributed by atoms with van der Waals surface area (Å²) in [5, 5.41) is 6.85. The van der Waals surface area contributed by atoms with Gasteiger partial charge in [-0.1, -0.05) is 18.2 Å². The number of nitrogens with one attached hydrogen (secondary N) is 2. The highest BCUT2D eigenvalue weighted by Crippen LogP contribution is 2.29. The smallest absolute Gasteiger partial charge is 0.271 e. The van der Waals surface area contributed by atoms with Gasteiger partial charge in [-0.3, -0.25) is 9.59 Å². The minimum absolute atomic E-state index is 0.181. The number of nitrogens with zero attached hydrogens (tertiary/aromatic N) is 1. The molecule has 0 atom stereocenters. The zero-order valence-corrected chi connectivity index (χ0v) is 20.8. The summed E-state index contributed by atoms with van der Waals surface area (Å²) in [6, 6.07) is 17.9. The summed E-state index contributed by atoms with van der Waals surface area (Å²) in [6.45, 7) is 6.09. The second-order valence-corrected chi connectivity index (χ2v) is 8.31. The van der Waals surface area contributed by atoms with Crippen molar-refractivity contribution in [2.24, 2.45) is 5.10 Å². The number of rotatable bonds is 9. The molecule has 0 aliphatic carbocycles. The molecule has 3 aromatic rings. The number of hydrazone groups is 1. The van der Waals surface area contributed by atoms with E-state index in [1.54, 1.807) is 42.5 Å². The lowest BCUT2D eigenvalue weighted by atomic mass is 10.1. The van der Waals surface area contributed by atoms with Crippen molar-refractivity contribution < 1.29 is 19.1 Å². The van der Waals surface area contributed by atoms with Crippen LogP contribution in [0, 0.1) is 13.8 Å². The number of amides is 2. The second kappa shape index (κ2) is 12.0. The summed E-state index contributed by atoms with van der Waals surface area (Å²) >= 11 is 3.47. The van der Waals surface area contributed by atoms with E-state index in [9.17, 15) is 9.59 Å². The summed E-state index contributed by atoms with van der Waals surface area (Å²) in [5.41, 5.74) is 6.61. The van der Waals surface area contributed by atoms with E-state index >= 15 is 0 Å². The van der Waals surface area contributed by atoms with Crippen LogP contribution in [0.1, 0.15) is 34.0 Å². The SMILES string of the molecule is CCOc1cc(/C=N\NC(=O)c2ccccc2)ccc1OCC(=O)Nc1cc(C)c(C)cc1Br. The molecule has 34 heavy (non-hydrogen) atoms. The van der Waals surface area contributed by atoms with Crippen molar-refractivity contribution in [2.45, 2.75) is 20.8 Å². The molecule has 0 radical (unpaired) electrons. The van der Waals surface area contributed by atoms with Crippen LogP contribution in [-0.2, 0) is 4.79 Å². The Morgan fingerprint density at radius 2 is 1.71 bits per heavy atom. The molecule has 8 heteroatoms. The fourth-order valence-electron chi connectivity index (χ4n) is 3.02. The maximum absolute atomic E-state index is 12.4. The van der Waals surface area contributed by atoms with Crippen molar-refractivity contribution >= 4 is 39.6 Å². The molecule has 0 saturated heterocycles. The van der Waals surface area contributed by atoms with E-state index in [2.05, 4.69) is 31.8 Å². The molecule has 0 saturated carbocycles. The molecule has 0 unspecified atom stereocenters. The number of anilines is 1. The minimum Gasteiger partial charge on any atom is -0.490 e. The van der Waals surface area contributed by atoms with E-state index in [-0.39, 0.29) is 18.4 Å². The van der Waals surface area contributed by atoms with Crippen LogP contribution in [0.25, 0.3) is 0 Å². The Hall–Kier alpha value is -3.65. The van der Waals surface area contributed by atoms with Crippen molar-refractivity contribution in [3.8, 4) is 11.5 Å². The molecular formula is C26H26BrN3O4. The summed E-state index contributed by atoms with van der Waals surface area (Å²) in [6.07, 6.45) is 1.51. The van der Waals surface area contributed by atoms with Crippen molar-refractivity contribution in [1.29, 1.82) is 0 Å². The molecule has 2 N–H and O–H groups in total. The predicted molar refractivity (Wildman–Crippen MR) is 137 cm³/mol. The number of carbonyl (C=O) groups excluding carboxylic acids is 2. The van der Waals surface area contributed by atoms with Gasteiger partial charge in [-0.2, -0.15) is 5.10 Å². The van der Waals surface area contributed by atoms with Crippen LogP contribution in [0.5, 0.6) is 11.5 Å². The topological polar surface area (TPSA) is 89.0 Å². The third-order valence-corrected chi connectivity index (χ3v) is 5.56. The van der Waals surface area contributed by atoms with Crippen molar-refractivity contribution in [3.05, 3.63) is 87.4 Å². The number of hydrogen-bond acceptors (Lipinski definition) is 5. The van der Waals surface area contributed by atoms with Crippen LogP contribution >= 0.6 is 15.9 Å². The largest absolute Gasteiger partial charge is 0.490 e. The molecule has 0 aromatic heterocycles. The lowest BCUT2D eigenvalue weighted by Gasteiger charge is -2.14. The van der Waals surface area contributed by atoms with Gasteiger partial charge in [0.25, 0.3) is 11.8 Å². The lowest BCUT2D eigenvalue weighted by molar-refractivity contribution is -0.118. The highest BCUT2D eigenvalue weighted by Gasteiger charge is 2.11. The summed E-state index contributed by atoms with van der Waals surface area (Å²) in [7, 11) is 0. The van der Waals surface area contributed by atoms with Crippen molar-refractivity contribution in [3.63, 3.8) is 0 Å². The Balaban J connectivity index is 1.62. The zero-order valence-electron chi connectivity index (χ0n) is 19.2. The third-order valence-electron chi connectivity index (χ3n) is 4.90. The van der Waals surface area contributed by atoms with Gasteiger partial charge in [-0.05, 0) is 95.9 Å². The van der Waals surface area contributed by atoms with Gasteiger partial charge in [0.1, 0.15) is 0 Å². The predicted octanol–water partition coefficient (Wildman–Crippen LogP) is 5.25. The molecule has 0 spiro atoms. The summed E-state index contributed by atoms with van der Waals surface area (Å²) in [4.78, 5) is 24.5. The Morgan fingerprint density at radius 1 is 0.971 bits per heavy atom. The second-order valence-electron chi connectivity index (χ2n) is 7.46. The van der Waals surface area contributed by atoms with Gasteiger partial charge in [-0.15, -0.1) is 0 Å². The first-order chi connectivity index (χ1) is 16.4. The Labute approximate surface area is 207 Å². The molecule has 7 nitrogen and oxygen atoms in total. The molecule has 3 rings (SSSR count). The van der Waals surface area contributed by atoms with E-state index < -0.39 is 0 Å². The summed E-state index contributed by atoms with van der Waals surface area (Å²) < 4.78 is 12.2. The van der Waals surface area contributed by atoms with Crippen molar-refractivity contribution in [1.82, 2.24) is 5.43 Å². The Morgan fingerprint density at radius 3 is 2.44 bits per heavy atom. The third kappa shape index (κ3) is 6.92. The van der Waals surface area contributed by atoms with Crippen LogP contribution in [0.2, 0.25) is 0 Å². The molecule has 3 aromatic carbocycles. The number of carbonyl (C=O) groups is 2. The van der Waals surface area contributed by atoms with Crippen LogP contribution < -0.4 is 20.2 Å². The normalized spacial score (nSPS) is 10.7. The number of benzene rings is 3. The van der Waals surface area contributed by atoms with Gasteiger partial charge < -0.3 is 14.8 Å². The van der Waals surface area contributed by atoms with E-state index in [0.29, 0.717) is 34.9 Å². The molecule has 0 bridgehead atoms. The maximum atomic E-state index is 12.4. The zero-order chi connectivity index (χ0) is 24.5. The van der Waals surface area contributed by atoms with Gasteiger partial charge >= 0.3 is 0 Å². The van der Waals surface area contributed by atoms with Gasteiger partial charge in [0.2, 0.25) is 0 Å². The Kier molecular flexibility index (Phi) is 8.81. The first-order valence-corrected chi connectivity index (χ1v) is 11.5. The van der Waals surface area contributed by atoms with Crippen molar-refractivity contribution in [2.75, 3.05) is 18.5 Å². The first-order valence-electron chi connectivity index (χ1n) is 10.7. The summed E-state index contributed by atoms with van der Waals surface area (Å²) in [5.74, 6) is 0.312. The van der Waals surface area contributed by atoms with Crippen LogP contribution in [0.4, 0.5) is 5.69 Å². The van der Waals surface area contributed by atoms with E-state index in [1.165, 1.54) is 6.21 Å². The van der Waals surface area contributed by atoms with Crippen LogP contribution in [0.15, 0.2) is 70.2 Å². The van der Waals surface area contributed by atoms with Gasteiger partial charge in [-0.25, -0.2) is 5.43 Å². The van der Waals surface area contributed by atoms with Crippen LogP contribution in [0.3, 0.4) is 0 Å². The highest BCUT2D eigenvalue weighted by molar-refractivity contribution is 9.10. The average molecular weight is 524 g/mol. The standard InChI is InChI=1S/C26H26BrN3O4/c1-4-33-24-14-19(15-28-30-26(32)20-8-6-5-7-9-20)10-11-23(24)34-16-25(31)29-22-13-18(3)17(2)12-21(22)27/h5-15H,4,16H2,1-3H3,(H,29,31)(H,30,32)/b28-15-. The molecule has 2 amide bonds. The number of halogens is 1. The van der Waals surface area contributed by atoms with E-state index in [0.717, 1.165) is 15.6 Å². The molecular weight excluding hydrogens is 498 g/mol. The number of hydrogen-bond donors (Lipinski definition) is 2. The monoisotopic (exact) mass is 523 g/mol. The highest BCUT2D eigenvalue weighted by atomic mass is 79.9. The molecule has 0 aliphatic rings. The lowest BCUT2D eigenvalue weighted by Crippen LogP contribution is -2.20. The van der Waals surface area contributed by atoms with E-state index in [1.807, 2.05) is 39.0 Å². The Bertz CT molecular complexity index is 1200. The van der Waals surface area contributed by atoms with Gasteiger partial charge in [0.15, 0.2) is 18.1 Å². The molecule has 0 heterocycles. The molecule has 0 fully saturated rings. The van der Waals surface area contributed by atoms with Gasteiger partial charge in [0, 0.05) is 10.0 Å². The van der Waals surface area contributed by atoms with E-state index in [4.69, 9.17) is 9.47 Å². The fourth-order valence-corrected chi connectivity index (χ4v) is 3.58. The fraction of sp³-hybridized carbons (Fsp3) is 0.192. The number of ether oxygens (including phenoxy) is 2. The maximum Gasteiger partial charge on any atom is 0.271 e. The minimum atomic E-state index is -0.303. The average Bonchev–Trinajstić information content (AvgIpc) is 2.82. The first kappa shape index (κ1) is 25.0. The number of aryl methyl sites for hydroxylation is 2. The van der Waals surface area contributed by atoms with Crippen LogP contribution in [-0.4, -0.2) is 31.2 Å². The van der Waals surface area contributed by atoms with Gasteiger partial charge in [0.05, 0.1) is 18.5 Å². The quantitative estimate of drug-likeness (QED) is 0.296. The molecule has 176 valence electrons.